The second kappa shape index (κ2) is 26.6. The molecule has 85 heavy (non-hydrogen) atoms. The Kier molecular flexibility index (Phi) is 20.3. The zero-order valence-electron chi connectivity index (χ0n) is 55.4. The van der Waals surface area contributed by atoms with Gasteiger partial charge in [-0.1, -0.05) is 239 Å². The van der Waals surface area contributed by atoms with Crippen LogP contribution in [0, 0.1) is 0 Å². The van der Waals surface area contributed by atoms with E-state index in [0.717, 1.165) is 75.2 Å². The summed E-state index contributed by atoms with van der Waals surface area (Å²) in [7, 11) is 0. The Morgan fingerprint density at radius 3 is 1.74 bits per heavy atom. The van der Waals surface area contributed by atoms with Crippen LogP contribution >= 0.6 is 0 Å². The van der Waals surface area contributed by atoms with Gasteiger partial charge in [0.05, 0.1) is 5.69 Å². The fourth-order valence-corrected chi connectivity index (χ4v) is 11.7. The molecule has 0 saturated carbocycles. The molecule has 2 heterocycles. The SMILES string of the molecule is C=C/C=C(\C=C/C)N(C(/C=C\C)=C/C)c1ccc2c(c1)N(c1ccc(C(C)(C)C)cc1-c1ccc(C(C)(C)C)cc1)c1cc(C(C)(C)C)cc3c1B2c1cc(C(C)(C)C)ccc1N3/C(C=C)=C/C=C/c1ccc(C(=C)CC)c(C/C=C\C)c1.CC. The number of nitrogens with zero attached hydrogens (tertiary/aromatic N) is 3. The van der Waals surface area contributed by atoms with E-state index in [0.29, 0.717) is 0 Å². The minimum atomic E-state index is -0.225. The number of rotatable bonds is 16. The van der Waals surface area contributed by atoms with E-state index in [9.17, 15) is 0 Å². The molecular formula is C81H98BN3. The Bertz CT molecular complexity index is 3660. The van der Waals surface area contributed by atoms with Crippen LogP contribution in [0.4, 0.5) is 34.1 Å². The van der Waals surface area contributed by atoms with E-state index in [1.165, 1.54) is 60.9 Å². The molecule has 0 unspecified atom stereocenters. The third-order valence-corrected chi connectivity index (χ3v) is 16.5. The zero-order chi connectivity index (χ0) is 62.3. The van der Waals surface area contributed by atoms with Gasteiger partial charge in [0.15, 0.2) is 0 Å². The average molecular weight is 1120 g/mol. The third-order valence-electron chi connectivity index (χ3n) is 16.5. The van der Waals surface area contributed by atoms with Gasteiger partial charge in [-0.05, 0) is 202 Å². The number of hydrogen-bond donors (Lipinski definition) is 0. The minimum absolute atomic E-state index is 0.00374. The van der Waals surface area contributed by atoms with Crippen molar-refractivity contribution in [3.8, 4) is 11.1 Å². The average Bonchev–Trinajstić information content (AvgIpc) is 0.740. The van der Waals surface area contributed by atoms with Crippen molar-refractivity contribution in [2.75, 3.05) is 14.7 Å². The number of anilines is 6. The van der Waals surface area contributed by atoms with E-state index in [-0.39, 0.29) is 28.4 Å². The highest BCUT2D eigenvalue weighted by Crippen LogP contribution is 2.49. The van der Waals surface area contributed by atoms with Crippen molar-refractivity contribution in [3.05, 3.63) is 258 Å². The second-order valence-corrected chi connectivity index (χ2v) is 26.5. The molecule has 0 radical (unpaired) electrons. The molecule has 8 rings (SSSR count). The maximum Gasteiger partial charge on any atom is 0.252 e. The lowest BCUT2D eigenvalue weighted by Gasteiger charge is -2.46. The van der Waals surface area contributed by atoms with Crippen molar-refractivity contribution in [3.63, 3.8) is 0 Å². The van der Waals surface area contributed by atoms with Crippen molar-refractivity contribution in [2.45, 2.75) is 166 Å². The van der Waals surface area contributed by atoms with Crippen molar-refractivity contribution in [1.29, 1.82) is 0 Å². The smallest absolute Gasteiger partial charge is 0.252 e. The van der Waals surface area contributed by atoms with E-state index < -0.39 is 0 Å². The quantitative estimate of drug-likeness (QED) is 0.0542. The van der Waals surface area contributed by atoms with Gasteiger partial charge >= 0.3 is 0 Å². The van der Waals surface area contributed by atoms with Crippen LogP contribution in [0.5, 0.6) is 0 Å². The van der Waals surface area contributed by atoms with Crippen LogP contribution in [0.3, 0.4) is 0 Å². The summed E-state index contributed by atoms with van der Waals surface area (Å²) in [6.45, 7) is 55.5. The topological polar surface area (TPSA) is 9.72 Å². The molecule has 0 atom stereocenters. The van der Waals surface area contributed by atoms with Crippen LogP contribution < -0.4 is 31.1 Å². The molecule has 4 heteroatoms. The van der Waals surface area contributed by atoms with Crippen molar-refractivity contribution < 1.29 is 0 Å². The van der Waals surface area contributed by atoms with E-state index >= 15 is 0 Å². The van der Waals surface area contributed by atoms with E-state index in [4.69, 9.17) is 0 Å². The summed E-state index contributed by atoms with van der Waals surface area (Å²) >= 11 is 0. The fraction of sp³-hybridized carbons (Fsp3) is 0.309. The summed E-state index contributed by atoms with van der Waals surface area (Å²) in [5, 5.41) is 0. The molecular weight excluding hydrogens is 1030 g/mol. The highest BCUT2D eigenvalue weighted by Gasteiger charge is 2.45. The summed E-state index contributed by atoms with van der Waals surface area (Å²) in [6.07, 6.45) is 29.7. The Balaban J connectivity index is 0.00000512. The molecule has 3 nitrogen and oxygen atoms in total. The van der Waals surface area contributed by atoms with Crippen molar-refractivity contribution in [2.24, 2.45) is 0 Å². The highest BCUT2D eigenvalue weighted by atomic mass is 15.2. The van der Waals surface area contributed by atoms with Gasteiger partial charge in [-0.3, -0.25) is 0 Å². The molecule has 0 spiro atoms. The number of allylic oxidation sites excluding steroid dienone is 13. The monoisotopic (exact) mass is 1120 g/mol. The van der Waals surface area contributed by atoms with Crippen LogP contribution in [-0.2, 0) is 28.1 Å². The molecule has 0 aromatic heterocycles. The first-order valence-electron chi connectivity index (χ1n) is 31.1. The normalized spacial score (nSPS) is 14.0. The van der Waals surface area contributed by atoms with Crippen LogP contribution in [0.25, 0.3) is 22.8 Å². The molecule has 0 fully saturated rings. The maximum atomic E-state index is 4.59. The van der Waals surface area contributed by atoms with Gasteiger partial charge in [0.25, 0.3) is 6.71 Å². The predicted molar refractivity (Wildman–Crippen MR) is 382 cm³/mol. The maximum absolute atomic E-state index is 4.59. The molecule has 440 valence electrons. The summed E-state index contributed by atoms with van der Waals surface area (Å²) in [5.74, 6) is 0. The number of benzene rings is 6. The second-order valence-electron chi connectivity index (χ2n) is 26.5. The van der Waals surface area contributed by atoms with E-state index in [1.807, 2.05) is 26.0 Å². The number of fused-ring (bicyclic) bond motifs is 4. The predicted octanol–water partition coefficient (Wildman–Crippen LogP) is 21.6. The van der Waals surface area contributed by atoms with Gasteiger partial charge in [-0.15, -0.1) is 0 Å². The highest BCUT2D eigenvalue weighted by molar-refractivity contribution is 7.00. The molecule has 0 aliphatic carbocycles. The molecule has 0 amide bonds. The van der Waals surface area contributed by atoms with Gasteiger partial charge in [0.1, 0.15) is 0 Å². The van der Waals surface area contributed by atoms with Gasteiger partial charge < -0.3 is 14.7 Å². The Morgan fingerprint density at radius 1 is 0.565 bits per heavy atom. The van der Waals surface area contributed by atoms with Gasteiger partial charge in [-0.2, -0.15) is 0 Å². The first kappa shape index (κ1) is 64.7. The van der Waals surface area contributed by atoms with Crippen molar-refractivity contribution in [1.82, 2.24) is 0 Å². The molecule has 2 aliphatic heterocycles. The lowest BCUT2D eigenvalue weighted by molar-refractivity contribution is 0.589. The third kappa shape index (κ3) is 13.7. The summed E-state index contributed by atoms with van der Waals surface area (Å²) in [5.41, 5.74) is 25.5. The standard InChI is InChI=1S/C79H92BN3.C2H6/c1-21-28-34-57-48-55(36-44-66(57)54(8)25-5)33-29-35-63(27-7)82-71-47-42-60(78(15,16)17)50-69(71)80-68-45-43-65(81(62(26-6)30-22-2)64(31-23-3)32-24-4)53-72(68)83(74-52-61(79(18,19)20)51-73(82)75(74)80)70-46-41-59(77(12,13)14)49-67(70)56-37-39-58(40-38-56)76(9,10)11;1-2/h21-24,26-33,35-53H,3,7-8,25,34H2,1-2,4-6,9-20H3;1-2H3/b28-21-,30-22-,32-24-,33-29+,62-26+,63-35+,64-31+;. The summed E-state index contributed by atoms with van der Waals surface area (Å²) in [4.78, 5) is 7.49. The fourth-order valence-electron chi connectivity index (χ4n) is 11.7. The van der Waals surface area contributed by atoms with Gasteiger partial charge in [0, 0.05) is 51.1 Å². The minimum Gasteiger partial charge on any atom is -0.311 e. The van der Waals surface area contributed by atoms with E-state index in [2.05, 4.69) is 328 Å². The first-order chi connectivity index (χ1) is 40.3. The largest absolute Gasteiger partial charge is 0.311 e. The van der Waals surface area contributed by atoms with Crippen LogP contribution in [-0.4, -0.2) is 6.71 Å². The Hall–Kier alpha value is -7.82. The summed E-state index contributed by atoms with van der Waals surface area (Å²) in [6, 6.07) is 42.8. The zero-order valence-corrected chi connectivity index (χ0v) is 55.4. The van der Waals surface area contributed by atoms with Gasteiger partial charge in [-0.25, -0.2) is 0 Å². The first-order valence-corrected chi connectivity index (χ1v) is 31.1. The van der Waals surface area contributed by atoms with Crippen molar-refractivity contribution >= 4 is 68.9 Å². The van der Waals surface area contributed by atoms with Crippen LogP contribution in [0.2, 0.25) is 0 Å². The summed E-state index contributed by atoms with van der Waals surface area (Å²) < 4.78 is 0. The van der Waals surface area contributed by atoms with Crippen LogP contribution in [0.1, 0.15) is 177 Å². The molecule has 6 aromatic rings. The lowest BCUT2D eigenvalue weighted by atomic mass is 9.33. The molecule has 0 N–H and O–H groups in total. The lowest BCUT2D eigenvalue weighted by Crippen LogP contribution is -2.62. The molecule has 6 aromatic carbocycles. The molecule has 0 bridgehead atoms. The van der Waals surface area contributed by atoms with E-state index in [1.54, 1.807) is 0 Å². The Morgan fingerprint density at radius 2 is 1.16 bits per heavy atom. The molecule has 2 aliphatic rings. The molecule has 0 saturated heterocycles. The van der Waals surface area contributed by atoms with Gasteiger partial charge in [0.2, 0.25) is 0 Å². The number of hydrogen-bond acceptors (Lipinski definition) is 3. The Labute approximate surface area is 515 Å². The van der Waals surface area contributed by atoms with Crippen LogP contribution in [0.15, 0.2) is 219 Å².